The summed E-state index contributed by atoms with van der Waals surface area (Å²) in [6, 6.07) is -0.442. The molecule has 0 spiro atoms. The summed E-state index contributed by atoms with van der Waals surface area (Å²) in [4.78, 5) is 25.1. The molecular weight excluding hydrogens is 220 g/mol. The van der Waals surface area contributed by atoms with E-state index in [4.69, 9.17) is 5.11 Å². The Bertz CT molecular complexity index is 319. The minimum absolute atomic E-state index is 0.0228. The highest BCUT2D eigenvalue weighted by Gasteiger charge is 2.38. The van der Waals surface area contributed by atoms with Crippen molar-refractivity contribution in [3.8, 4) is 0 Å². The van der Waals surface area contributed by atoms with Gasteiger partial charge in [0.1, 0.15) is 6.04 Å². The van der Waals surface area contributed by atoms with Crippen LogP contribution in [0, 0.1) is 5.92 Å². The summed E-state index contributed by atoms with van der Waals surface area (Å²) >= 11 is 0. The van der Waals surface area contributed by atoms with E-state index < -0.39 is 12.0 Å². The summed E-state index contributed by atoms with van der Waals surface area (Å²) in [6.07, 6.45) is 3.24. The van der Waals surface area contributed by atoms with Crippen LogP contribution in [0.4, 0.5) is 0 Å². The van der Waals surface area contributed by atoms with Crippen LogP contribution in [0.15, 0.2) is 0 Å². The molecule has 0 radical (unpaired) electrons. The van der Waals surface area contributed by atoms with Crippen molar-refractivity contribution in [2.24, 2.45) is 5.92 Å². The van der Waals surface area contributed by atoms with Crippen molar-refractivity contribution < 1.29 is 14.7 Å². The first kappa shape index (κ1) is 12.4. The molecule has 96 valence electrons. The van der Waals surface area contributed by atoms with E-state index in [9.17, 15) is 9.59 Å². The van der Waals surface area contributed by atoms with Crippen molar-refractivity contribution in [3.63, 3.8) is 0 Å². The number of hydrogen-bond acceptors (Lipinski definition) is 3. The average Bonchev–Trinajstić information content (AvgIpc) is 2.74. The van der Waals surface area contributed by atoms with Gasteiger partial charge in [0.2, 0.25) is 5.91 Å². The molecule has 2 aliphatic heterocycles. The number of likely N-dealkylation sites (tertiary alicyclic amines) is 1. The van der Waals surface area contributed by atoms with Crippen LogP contribution in [-0.2, 0) is 9.59 Å². The molecule has 3 atom stereocenters. The number of carbonyl (C=O) groups excluding carboxylic acids is 1. The van der Waals surface area contributed by atoms with Crippen LogP contribution in [0.2, 0.25) is 0 Å². The number of nitrogens with one attached hydrogen (secondary N) is 1. The number of hydrogen-bond donors (Lipinski definition) is 2. The fraction of sp³-hybridized carbons (Fsp3) is 0.833. The number of rotatable bonds is 2. The lowest BCUT2D eigenvalue weighted by atomic mass is 9.95. The Kier molecular flexibility index (Phi) is 3.66. The van der Waals surface area contributed by atoms with E-state index in [-0.39, 0.29) is 17.9 Å². The van der Waals surface area contributed by atoms with Crippen molar-refractivity contribution >= 4 is 11.9 Å². The van der Waals surface area contributed by atoms with Crippen LogP contribution in [0.5, 0.6) is 0 Å². The molecule has 2 unspecified atom stereocenters. The summed E-state index contributed by atoms with van der Waals surface area (Å²) < 4.78 is 0. The Morgan fingerprint density at radius 2 is 2.06 bits per heavy atom. The Morgan fingerprint density at radius 3 is 2.65 bits per heavy atom. The van der Waals surface area contributed by atoms with Gasteiger partial charge in [-0.15, -0.1) is 0 Å². The predicted octanol–water partition coefficient (Wildman–Crippen LogP) is 0.450. The fourth-order valence-electron chi connectivity index (χ4n) is 2.86. The molecule has 0 aliphatic carbocycles. The zero-order valence-corrected chi connectivity index (χ0v) is 10.2. The average molecular weight is 240 g/mol. The number of nitrogens with zero attached hydrogens (tertiary/aromatic N) is 1. The van der Waals surface area contributed by atoms with Gasteiger partial charge in [0.15, 0.2) is 0 Å². The standard InChI is InChI=1S/C12H20N2O3/c1-8-9(5-6-13-8)11(15)14-7-3-2-4-10(14)12(16)17/h8-10,13H,2-7H2,1H3,(H,16,17)/t8?,9?,10-/m1/s1. The Hall–Kier alpha value is -1.10. The van der Waals surface area contributed by atoms with Gasteiger partial charge in [0.25, 0.3) is 0 Å². The van der Waals surface area contributed by atoms with Crippen LogP contribution < -0.4 is 5.32 Å². The van der Waals surface area contributed by atoms with Crippen LogP contribution in [0.25, 0.3) is 0 Å². The maximum atomic E-state index is 12.3. The third-order valence-electron chi connectivity index (χ3n) is 3.91. The highest BCUT2D eigenvalue weighted by atomic mass is 16.4. The molecule has 1 amide bonds. The first-order valence-corrected chi connectivity index (χ1v) is 6.38. The van der Waals surface area contributed by atoms with E-state index in [1.54, 1.807) is 4.90 Å². The number of carbonyl (C=O) groups is 2. The van der Waals surface area contributed by atoms with Gasteiger partial charge in [-0.3, -0.25) is 4.79 Å². The van der Waals surface area contributed by atoms with Gasteiger partial charge in [-0.25, -0.2) is 4.79 Å². The SMILES string of the molecule is CC1NCCC1C(=O)N1CCCC[C@@H]1C(=O)O. The molecule has 2 N–H and O–H groups in total. The molecule has 2 aliphatic rings. The number of aliphatic carboxylic acids is 1. The number of amides is 1. The van der Waals surface area contributed by atoms with E-state index in [0.29, 0.717) is 13.0 Å². The first-order valence-electron chi connectivity index (χ1n) is 6.38. The van der Waals surface area contributed by atoms with E-state index in [1.807, 2.05) is 6.92 Å². The zero-order chi connectivity index (χ0) is 12.4. The van der Waals surface area contributed by atoms with E-state index in [0.717, 1.165) is 25.8 Å². The molecule has 5 nitrogen and oxygen atoms in total. The third-order valence-corrected chi connectivity index (χ3v) is 3.91. The molecule has 0 saturated carbocycles. The minimum Gasteiger partial charge on any atom is -0.480 e. The lowest BCUT2D eigenvalue weighted by Crippen LogP contribution is -2.51. The molecular formula is C12H20N2O3. The molecule has 2 fully saturated rings. The van der Waals surface area contributed by atoms with Crippen molar-refractivity contribution in [1.82, 2.24) is 10.2 Å². The molecule has 2 saturated heterocycles. The Labute approximate surface area is 101 Å². The number of piperidine rings is 1. The Morgan fingerprint density at radius 1 is 1.29 bits per heavy atom. The second-order valence-electron chi connectivity index (χ2n) is 5.02. The maximum absolute atomic E-state index is 12.3. The van der Waals surface area contributed by atoms with Gasteiger partial charge in [-0.05, 0) is 39.2 Å². The normalized spacial score (nSPS) is 33.7. The van der Waals surface area contributed by atoms with Crippen molar-refractivity contribution in [2.45, 2.75) is 44.7 Å². The van der Waals surface area contributed by atoms with Crippen molar-refractivity contribution in [1.29, 1.82) is 0 Å². The first-order chi connectivity index (χ1) is 8.11. The topological polar surface area (TPSA) is 69.6 Å². The molecule has 0 aromatic rings. The molecule has 5 heteroatoms. The summed E-state index contributed by atoms with van der Waals surface area (Å²) in [6.45, 7) is 3.44. The lowest BCUT2D eigenvalue weighted by Gasteiger charge is -2.35. The van der Waals surface area contributed by atoms with Gasteiger partial charge in [0, 0.05) is 12.6 Å². The highest BCUT2D eigenvalue weighted by Crippen LogP contribution is 2.24. The summed E-state index contributed by atoms with van der Waals surface area (Å²) in [7, 11) is 0. The van der Waals surface area contributed by atoms with Gasteiger partial charge in [-0.2, -0.15) is 0 Å². The van der Waals surface area contributed by atoms with Gasteiger partial charge in [0.05, 0.1) is 5.92 Å². The molecule has 17 heavy (non-hydrogen) atoms. The number of carboxylic acids is 1. The van der Waals surface area contributed by atoms with E-state index in [1.165, 1.54) is 0 Å². The zero-order valence-electron chi connectivity index (χ0n) is 10.2. The van der Waals surface area contributed by atoms with Gasteiger partial charge in [-0.1, -0.05) is 0 Å². The van der Waals surface area contributed by atoms with Crippen molar-refractivity contribution in [2.75, 3.05) is 13.1 Å². The summed E-state index contributed by atoms with van der Waals surface area (Å²) in [5.41, 5.74) is 0. The second kappa shape index (κ2) is 5.04. The predicted molar refractivity (Wildman–Crippen MR) is 62.6 cm³/mol. The van der Waals surface area contributed by atoms with Gasteiger partial charge >= 0.3 is 5.97 Å². The summed E-state index contributed by atoms with van der Waals surface area (Å²) in [5, 5.41) is 12.4. The molecule has 0 aromatic carbocycles. The van der Waals surface area contributed by atoms with Crippen LogP contribution >= 0.6 is 0 Å². The van der Waals surface area contributed by atoms with E-state index in [2.05, 4.69) is 5.32 Å². The van der Waals surface area contributed by atoms with E-state index >= 15 is 0 Å². The maximum Gasteiger partial charge on any atom is 0.326 e. The quantitative estimate of drug-likeness (QED) is 0.735. The Balaban J connectivity index is 2.08. The fourth-order valence-corrected chi connectivity index (χ4v) is 2.86. The number of carboxylic acid groups (broad SMARTS) is 1. The lowest BCUT2D eigenvalue weighted by molar-refractivity contribution is -0.154. The van der Waals surface area contributed by atoms with Gasteiger partial charge < -0.3 is 15.3 Å². The monoisotopic (exact) mass is 240 g/mol. The van der Waals surface area contributed by atoms with Crippen LogP contribution in [0.3, 0.4) is 0 Å². The highest BCUT2D eigenvalue weighted by molar-refractivity contribution is 5.86. The smallest absolute Gasteiger partial charge is 0.326 e. The molecule has 2 heterocycles. The van der Waals surface area contributed by atoms with Crippen LogP contribution in [0.1, 0.15) is 32.6 Å². The minimum atomic E-state index is -0.864. The van der Waals surface area contributed by atoms with Crippen molar-refractivity contribution in [3.05, 3.63) is 0 Å². The molecule has 0 aromatic heterocycles. The summed E-state index contributed by atoms with van der Waals surface area (Å²) in [5.74, 6) is -0.888. The largest absolute Gasteiger partial charge is 0.480 e. The van der Waals surface area contributed by atoms with Crippen LogP contribution in [-0.4, -0.2) is 47.1 Å². The second-order valence-corrected chi connectivity index (χ2v) is 5.02. The molecule has 2 rings (SSSR count). The molecule has 0 bridgehead atoms. The third kappa shape index (κ3) is 2.44.